The van der Waals surface area contributed by atoms with Crippen LogP contribution in [-0.4, -0.2) is 57.2 Å². The molecule has 2 aromatic rings. The molecule has 166 valence electrons. The quantitative estimate of drug-likeness (QED) is 0.312. The molecule has 1 saturated heterocycles. The Bertz CT molecular complexity index is 791. The Labute approximate surface area is 200 Å². The largest absolute Gasteiger partial charge is 0.367 e. The summed E-state index contributed by atoms with van der Waals surface area (Å²) in [6.45, 7) is 10.5. The van der Waals surface area contributed by atoms with E-state index in [1.807, 2.05) is 12.1 Å². The highest BCUT2D eigenvalue weighted by molar-refractivity contribution is 14.0. The monoisotopic (exact) mass is 545 g/mol. The molecule has 1 fully saturated rings. The predicted molar refractivity (Wildman–Crippen MR) is 137 cm³/mol. The average Bonchev–Trinajstić information content (AvgIpc) is 3.29. The summed E-state index contributed by atoms with van der Waals surface area (Å²) in [6, 6.07) is 7.69. The number of nitrogens with one attached hydrogen (secondary N) is 2. The first-order valence-corrected chi connectivity index (χ1v) is 11.3. The van der Waals surface area contributed by atoms with Crippen molar-refractivity contribution in [2.24, 2.45) is 4.99 Å². The number of piperazine rings is 1. The van der Waals surface area contributed by atoms with Crippen LogP contribution < -0.4 is 15.5 Å². The molecular formula is C22H33FIN5S. The van der Waals surface area contributed by atoms with Crippen LogP contribution in [0.3, 0.4) is 0 Å². The van der Waals surface area contributed by atoms with Gasteiger partial charge < -0.3 is 20.4 Å². The van der Waals surface area contributed by atoms with Gasteiger partial charge in [0.15, 0.2) is 5.96 Å². The van der Waals surface area contributed by atoms with Gasteiger partial charge in [0.05, 0.1) is 5.69 Å². The SMILES string of the molecule is CCN1CCN(c2ccc(CNC(=NC)NCC(C)c3ccsc3)cc2F)CC1.I. The van der Waals surface area contributed by atoms with Crippen molar-refractivity contribution in [3.8, 4) is 0 Å². The van der Waals surface area contributed by atoms with Crippen LogP contribution in [0.4, 0.5) is 10.1 Å². The van der Waals surface area contributed by atoms with E-state index in [0.29, 0.717) is 18.2 Å². The normalized spacial score (nSPS) is 16.1. The zero-order valence-electron chi connectivity index (χ0n) is 18.0. The third-order valence-electron chi connectivity index (χ3n) is 5.54. The van der Waals surface area contributed by atoms with E-state index in [1.165, 1.54) is 5.56 Å². The first kappa shape index (κ1) is 24.9. The van der Waals surface area contributed by atoms with Crippen LogP contribution in [0.25, 0.3) is 0 Å². The standard InChI is InChI=1S/C22H32FN5S.HI/c1-4-27-8-10-28(11-9-27)21-6-5-18(13-20(21)23)15-26-22(24-3)25-14-17(2)19-7-12-29-16-19;/h5-7,12-13,16-17H,4,8-11,14-15H2,1-3H3,(H2,24,25,26);1H. The molecule has 0 amide bonds. The summed E-state index contributed by atoms with van der Waals surface area (Å²) in [5.74, 6) is 0.986. The molecule has 1 aromatic carbocycles. The van der Waals surface area contributed by atoms with Crippen LogP contribution in [0, 0.1) is 5.82 Å². The summed E-state index contributed by atoms with van der Waals surface area (Å²) < 4.78 is 14.7. The maximum absolute atomic E-state index is 14.7. The molecule has 3 rings (SSSR count). The van der Waals surface area contributed by atoms with E-state index >= 15 is 0 Å². The molecule has 0 saturated carbocycles. The maximum Gasteiger partial charge on any atom is 0.191 e. The second-order valence-corrected chi connectivity index (χ2v) is 8.25. The summed E-state index contributed by atoms with van der Waals surface area (Å²) in [5.41, 5.74) is 2.94. The predicted octanol–water partition coefficient (Wildman–Crippen LogP) is 4.12. The summed E-state index contributed by atoms with van der Waals surface area (Å²) in [4.78, 5) is 8.81. The molecule has 0 radical (unpaired) electrons. The van der Waals surface area contributed by atoms with Gasteiger partial charge in [-0.15, -0.1) is 24.0 Å². The van der Waals surface area contributed by atoms with Crippen molar-refractivity contribution in [2.45, 2.75) is 26.3 Å². The zero-order valence-corrected chi connectivity index (χ0v) is 21.2. The Kier molecular flexibility index (Phi) is 10.3. The minimum atomic E-state index is -0.150. The summed E-state index contributed by atoms with van der Waals surface area (Å²) >= 11 is 1.71. The van der Waals surface area contributed by atoms with Gasteiger partial charge in [-0.05, 0) is 52.5 Å². The zero-order chi connectivity index (χ0) is 20.6. The lowest BCUT2D eigenvalue weighted by atomic mass is 10.1. The number of anilines is 1. The Balaban J connectivity index is 0.00000320. The molecule has 30 heavy (non-hydrogen) atoms. The van der Waals surface area contributed by atoms with Crippen LogP contribution in [0.2, 0.25) is 0 Å². The molecule has 0 spiro atoms. The van der Waals surface area contributed by atoms with E-state index < -0.39 is 0 Å². The van der Waals surface area contributed by atoms with Gasteiger partial charge in [-0.25, -0.2) is 4.39 Å². The number of rotatable bonds is 7. The van der Waals surface area contributed by atoms with Gasteiger partial charge in [0, 0.05) is 46.3 Å². The van der Waals surface area contributed by atoms with E-state index in [4.69, 9.17) is 0 Å². The lowest BCUT2D eigenvalue weighted by molar-refractivity contribution is 0.270. The Morgan fingerprint density at radius 3 is 2.57 bits per heavy atom. The van der Waals surface area contributed by atoms with Crippen LogP contribution in [0.1, 0.15) is 30.9 Å². The number of hydrogen-bond donors (Lipinski definition) is 2. The van der Waals surface area contributed by atoms with Gasteiger partial charge >= 0.3 is 0 Å². The topological polar surface area (TPSA) is 42.9 Å². The van der Waals surface area contributed by atoms with Gasteiger partial charge in [0.1, 0.15) is 5.82 Å². The summed E-state index contributed by atoms with van der Waals surface area (Å²) in [6.07, 6.45) is 0. The Hall–Kier alpha value is -1.39. The fourth-order valence-corrected chi connectivity index (χ4v) is 4.33. The van der Waals surface area contributed by atoms with Crippen LogP contribution in [0.5, 0.6) is 0 Å². The number of nitrogens with zero attached hydrogens (tertiary/aromatic N) is 3. The molecule has 1 aromatic heterocycles. The first-order valence-electron chi connectivity index (χ1n) is 10.3. The van der Waals surface area contributed by atoms with E-state index in [2.05, 4.69) is 56.1 Å². The second-order valence-electron chi connectivity index (χ2n) is 7.47. The molecule has 8 heteroatoms. The fourth-order valence-electron chi connectivity index (χ4n) is 3.55. The number of aliphatic imine (C=N–C) groups is 1. The molecule has 0 bridgehead atoms. The molecular weight excluding hydrogens is 512 g/mol. The van der Waals surface area contributed by atoms with Crippen LogP contribution >= 0.6 is 35.3 Å². The number of likely N-dealkylation sites (N-methyl/N-ethyl adjacent to an activating group) is 1. The number of guanidine groups is 1. The van der Waals surface area contributed by atoms with E-state index in [1.54, 1.807) is 24.5 Å². The van der Waals surface area contributed by atoms with Gasteiger partial charge in [0.2, 0.25) is 0 Å². The average molecular weight is 546 g/mol. The summed E-state index contributed by atoms with van der Waals surface area (Å²) in [5, 5.41) is 10.9. The van der Waals surface area contributed by atoms with Crippen LogP contribution in [-0.2, 0) is 6.54 Å². The van der Waals surface area contributed by atoms with Crippen molar-refractivity contribution in [3.63, 3.8) is 0 Å². The van der Waals surface area contributed by atoms with E-state index in [-0.39, 0.29) is 29.8 Å². The van der Waals surface area contributed by atoms with Gasteiger partial charge in [0.25, 0.3) is 0 Å². The minimum Gasteiger partial charge on any atom is -0.367 e. The van der Waals surface area contributed by atoms with Crippen molar-refractivity contribution in [2.75, 3.05) is 51.2 Å². The smallest absolute Gasteiger partial charge is 0.191 e. The van der Waals surface area contributed by atoms with Gasteiger partial charge in [-0.3, -0.25) is 4.99 Å². The lowest BCUT2D eigenvalue weighted by Gasteiger charge is -2.35. The highest BCUT2D eigenvalue weighted by atomic mass is 127. The van der Waals surface area contributed by atoms with Gasteiger partial charge in [-0.1, -0.05) is 19.9 Å². The van der Waals surface area contributed by atoms with Crippen molar-refractivity contribution in [3.05, 3.63) is 52.0 Å². The van der Waals surface area contributed by atoms with Crippen molar-refractivity contribution < 1.29 is 4.39 Å². The number of hydrogen-bond acceptors (Lipinski definition) is 4. The van der Waals surface area contributed by atoms with Crippen molar-refractivity contribution >= 4 is 47.0 Å². The minimum absolute atomic E-state index is 0. The molecule has 1 unspecified atom stereocenters. The van der Waals surface area contributed by atoms with Crippen LogP contribution in [0.15, 0.2) is 40.0 Å². The highest BCUT2D eigenvalue weighted by Gasteiger charge is 2.18. The number of thiophene rings is 1. The molecule has 2 N–H and O–H groups in total. The number of halogens is 2. The van der Waals surface area contributed by atoms with E-state index in [9.17, 15) is 4.39 Å². The highest BCUT2D eigenvalue weighted by Crippen LogP contribution is 2.22. The van der Waals surface area contributed by atoms with E-state index in [0.717, 1.165) is 50.8 Å². The first-order chi connectivity index (χ1) is 14.1. The van der Waals surface area contributed by atoms with Gasteiger partial charge in [-0.2, -0.15) is 11.3 Å². The summed E-state index contributed by atoms with van der Waals surface area (Å²) in [7, 11) is 1.75. The van der Waals surface area contributed by atoms with Crippen molar-refractivity contribution in [1.82, 2.24) is 15.5 Å². The Morgan fingerprint density at radius 1 is 1.20 bits per heavy atom. The lowest BCUT2D eigenvalue weighted by Crippen LogP contribution is -2.46. The maximum atomic E-state index is 14.7. The molecule has 1 aliphatic rings. The molecule has 0 aliphatic carbocycles. The fraction of sp³-hybridized carbons (Fsp3) is 0.500. The third-order valence-corrected chi connectivity index (χ3v) is 6.25. The molecule has 1 atom stereocenters. The molecule has 5 nitrogen and oxygen atoms in total. The Morgan fingerprint density at radius 2 is 1.97 bits per heavy atom. The second kappa shape index (κ2) is 12.5. The van der Waals surface area contributed by atoms with Crippen molar-refractivity contribution in [1.29, 1.82) is 0 Å². The third kappa shape index (κ3) is 6.81. The molecule has 2 heterocycles. The molecule has 1 aliphatic heterocycles. The number of benzene rings is 1.